The Bertz CT molecular complexity index is 205. The van der Waals surface area contributed by atoms with Gasteiger partial charge in [-0.3, -0.25) is 4.98 Å². The molecule has 10 heavy (non-hydrogen) atoms. The van der Waals surface area contributed by atoms with Crippen molar-refractivity contribution in [3.05, 3.63) is 29.6 Å². The molecule has 0 amide bonds. The van der Waals surface area contributed by atoms with Crippen LogP contribution in [0.4, 0.5) is 0 Å². The predicted molar refractivity (Wildman–Crippen MR) is 36.2 cm³/mol. The van der Waals surface area contributed by atoms with E-state index in [0.717, 1.165) is 5.69 Å². The monoisotopic (exact) mass is 139 g/mol. The van der Waals surface area contributed by atoms with Gasteiger partial charge in [0.1, 0.15) is 0 Å². The smallest absolute Gasteiger partial charge is 0.179 e. The molecule has 0 saturated carbocycles. The molecule has 0 spiro atoms. The van der Waals surface area contributed by atoms with Crippen LogP contribution in [-0.4, -0.2) is 15.2 Å². The molecule has 1 rings (SSSR count). The van der Waals surface area contributed by atoms with Gasteiger partial charge in [0.15, 0.2) is 6.29 Å². The van der Waals surface area contributed by atoms with Gasteiger partial charge in [0.05, 0.1) is 0 Å². The Labute approximate surface area is 59.0 Å². The quantitative estimate of drug-likeness (QED) is 0.553. The fourth-order valence-electron chi connectivity index (χ4n) is 0.632. The molecule has 1 aromatic rings. The molecule has 0 atom stereocenters. The van der Waals surface area contributed by atoms with Crippen LogP contribution in [0.3, 0.4) is 0 Å². The van der Waals surface area contributed by atoms with Crippen LogP contribution in [0.1, 0.15) is 17.5 Å². The Hall–Kier alpha value is -0.930. The minimum Gasteiger partial charge on any atom is -0.364 e. The van der Waals surface area contributed by atoms with E-state index < -0.39 is 6.29 Å². The van der Waals surface area contributed by atoms with E-state index in [4.69, 9.17) is 10.2 Å². The summed E-state index contributed by atoms with van der Waals surface area (Å²) in [7, 11) is 0. The van der Waals surface area contributed by atoms with Crippen molar-refractivity contribution in [3.8, 4) is 0 Å². The third kappa shape index (κ3) is 1.52. The van der Waals surface area contributed by atoms with Crippen LogP contribution >= 0.6 is 0 Å². The lowest BCUT2D eigenvalue weighted by Crippen LogP contribution is -1.95. The molecule has 0 fully saturated rings. The molecule has 2 N–H and O–H groups in total. The zero-order chi connectivity index (χ0) is 7.56. The minimum atomic E-state index is -1.41. The van der Waals surface area contributed by atoms with E-state index in [-0.39, 0.29) is 0 Å². The normalized spacial score (nSPS) is 10.4. The first-order valence-corrected chi connectivity index (χ1v) is 2.99. The lowest BCUT2D eigenvalue weighted by molar-refractivity contribution is -0.0427. The maximum atomic E-state index is 8.63. The molecule has 1 aromatic heterocycles. The second kappa shape index (κ2) is 2.77. The highest BCUT2D eigenvalue weighted by Gasteiger charge is 1.99. The molecule has 0 aromatic carbocycles. The largest absolute Gasteiger partial charge is 0.364 e. The Kier molecular flexibility index (Phi) is 1.99. The summed E-state index contributed by atoms with van der Waals surface area (Å²) in [4.78, 5) is 3.88. The summed E-state index contributed by atoms with van der Waals surface area (Å²) in [5.41, 5.74) is 1.29. The molecule has 54 valence electrons. The van der Waals surface area contributed by atoms with Crippen molar-refractivity contribution in [2.75, 3.05) is 0 Å². The summed E-state index contributed by atoms with van der Waals surface area (Å²) in [6, 6.07) is 3.36. The highest BCUT2D eigenvalue weighted by molar-refractivity contribution is 5.13. The molecule has 0 aliphatic carbocycles. The summed E-state index contributed by atoms with van der Waals surface area (Å²) in [6.45, 7) is 1.84. The van der Waals surface area contributed by atoms with Crippen molar-refractivity contribution in [1.29, 1.82) is 0 Å². The number of rotatable bonds is 1. The Morgan fingerprint density at radius 3 is 2.50 bits per heavy atom. The van der Waals surface area contributed by atoms with Crippen LogP contribution in [0.25, 0.3) is 0 Å². The Balaban J connectivity index is 2.89. The van der Waals surface area contributed by atoms with Crippen LogP contribution in [0, 0.1) is 6.92 Å². The lowest BCUT2D eigenvalue weighted by atomic mass is 10.2. The Morgan fingerprint density at radius 2 is 2.10 bits per heavy atom. The van der Waals surface area contributed by atoms with E-state index in [2.05, 4.69) is 4.98 Å². The van der Waals surface area contributed by atoms with Crippen molar-refractivity contribution < 1.29 is 10.2 Å². The van der Waals surface area contributed by atoms with Crippen molar-refractivity contribution in [1.82, 2.24) is 4.98 Å². The maximum Gasteiger partial charge on any atom is 0.179 e. The van der Waals surface area contributed by atoms with Gasteiger partial charge in [-0.2, -0.15) is 0 Å². The van der Waals surface area contributed by atoms with E-state index in [0.29, 0.717) is 5.56 Å². The van der Waals surface area contributed by atoms with Gasteiger partial charge in [0.2, 0.25) is 0 Å². The van der Waals surface area contributed by atoms with Crippen molar-refractivity contribution in [2.24, 2.45) is 0 Å². The van der Waals surface area contributed by atoms with Gasteiger partial charge in [-0.15, -0.1) is 0 Å². The fourth-order valence-corrected chi connectivity index (χ4v) is 0.632. The van der Waals surface area contributed by atoms with E-state index in [1.807, 2.05) is 6.92 Å². The standard InChI is InChI=1S/C7H9NO2/c1-5-2-3-6(4-8-5)7(9)10/h2-4,7,9-10H,1H3. The second-order valence-electron chi connectivity index (χ2n) is 2.11. The molecule has 3 nitrogen and oxygen atoms in total. The van der Waals surface area contributed by atoms with Gasteiger partial charge < -0.3 is 10.2 Å². The SMILES string of the molecule is Cc1ccc(C(O)O)cn1. The molecule has 0 unspecified atom stereocenters. The van der Waals surface area contributed by atoms with E-state index in [1.165, 1.54) is 6.20 Å². The van der Waals surface area contributed by atoms with Gasteiger partial charge in [-0.1, -0.05) is 6.07 Å². The van der Waals surface area contributed by atoms with Gasteiger partial charge in [0, 0.05) is 17.5 Å². The molecule has 3 heteroatoms. The van der Waals surface area contributed by atoms with Gasteiger partial charge in [-0.05, 0) is 13.0 Å². The maximum absolute atomic E-state index is 8.63. The summed E-state index contributed by atoms with van der Waals surface area (Å²) in [6.07, 6.45) is 0.0353. The third-order valence-electron chi connectivity index (χ3n) is 1.23. The average Bonchev–Trinajstić information content (AvgIpc) is 1.88. The van der Waals surface area contributed by atoms with E-state index >= 15 is 0 Å². The zero-order valence-corrected chi connectivity index (χ0v) is 5.65. The topological polar surface area (TPSA) is 53.4 Å². The molecule has 1 heterocycles. The van der Waals surface area contributed by atoms with Crippen LogP contribution in [-0.2, 0) is 0 Å². The molecular formula is C7H9NO2. The predicted octanol–water partition coefficient (Wildman–Crippen LogP) is 0.373. The van der Waals surface area contributed by atoms with Crippen LogP contribution in [0.5, 0.6) is 0 Å². The average molecular weight is 139 g/mol. The molecule has 0 aliphatic rings. The fraction of sp³-hybridized carbons (Fsp3) is 0.286. The van der Waals surface area contributed by atoms with Gasteiger partial charge in [0.25, 0.3) is 0 Å². The van der Waals surface area contributed by atoms with Gasteiger partial charge >= 0.3 is 0 Å². The van der Waals surface area contributed by atoms with Crippen molar-refractivity contribution in [2.45, 2.75) is 13.2 Å². The number of nitrogens with zero attached hydrogens (tertiary/aromatic N) is 1. The van der Waals surface area contributed by atoms with Gasteiger partial charge in [-0.25, -0.2) is 0 Å². The first kappa shape index (κ1) is 7.18. The molecule has 0 bridgehead atoms. The number of aliphatic hydroxyl groups is 2. The highest BCUT2D eigenvalue weighted by Crippen LogP contribution is 2.06. The molecule has 0 radical (unpaired) electrons. The number of aliphatic hydroxyl groups excluding tert-OH is 1. The molecule has 0 aliphatic heterocycles. The van der Waals surface area contributed by atoms with Crippen LogP contribution in [0.15, 0.2) is 18.3 Å². The lowest BCUT2D eigenvalue weighted by Gasteiger charge is -2.01. The third-order valence-corrected chi connectivity index (χ3v) is 1.23. The Morgan fingerprint density at radius 1 is 1.40 bits per heavy atom. The second-order valence-corrected chi connectivity index (χ2v) is 2.11. The first-order chi connectivity index (χ1) is 4.70. The summed E-state index contributed by atoms with van der Waals surface area (Å²) >= 11 is 0. The molecule has 0 saturated heterocycles. The minimum absolute atomic E-state index is 0.422. The highest BCUT2D eigenvalue weighted by atomic mass is 16.5. The van der Waals surface area contributed by atoms with Crippen LogP contribution < -0.4 is 0 Å². The number of aryl methyl sites for hydroxylation is 1. The zero-order valence-electron chi connectivity index (χ0n) is 5.65. The first-order valence-electron chi connectivity index (χ1n) is 2.99. The summed E-state index contributed by atoms with van der Waals surface area (Å²) in [5.74, 6) is 0. The molecular weight excluding hydrogens is 130 g/mol. The van der Waals surface area contributed by atoms with Crippen LogP contribution in [0.2, 0.25) is 0 Å². The van der Waals surface area contributed by atoms with E-state index in [9.17, 15) is 0 Å². The summed E-state index contributed by atoms with van der Waals surface area (Å²) < 4.78 is 0. The van der Waals surface area contributed by atoms with Crippen molar-refractivity contribution in [3.63, 3.8) is 0 Å². The number of hydrogen-bond acceptors (Lipinski definition) is 3. The number of hydrogen-bond donors (Lipinski definition) is 2. The number of pyridine rings is 1. The summed E-state index contributed by atoms with van der Waals surface area (Å²) in [5, 5.41) is 17.3. The number of aromatic nitrogens is 1. The van der Waals surface area contributed by atoms with Crippen molar-refractivity contribution >= 4 is 0 Å². The van der Waals surface area contributed by atoms with E-state index in [1.54, 1.807) is 12.1 Å².